The Morgan fingerprint density at radius 3 is 2.58 bits per heavy atom. The van der Waals surface area contributed by atoms with Crippen LogP contribution in [0.25, 0.3) is 0 Å². The van der Waals surface area contributed by atoms with Crippen molar-refractivity contribution in [3.63, 3.8) is 0 Å². The van der Waals surface area contributed by atoms with Crippen LogP contribution in [-0.2, 0) is 4.79 Å². The number of carbonyl (C=O) groups is 1. The molecule has 0 fully saturated rings. The molecule has 4 nitrogen and oxygen atoms in total. The molecule has 0 aliphatic heterocycles. The van der Waals surface area contributed by atoms with Gasteiger partial charge in [-0.1, -0.05) is 23.8 Å². The van der Waals surface area contributed by atoms with E-state index in [1.807, 2.05) is 37.3 Å². The zero-order valence-electron chi connectivity index (χ0n) is 11.0. The number of nitrogens with one attached hydrogen (secondary N) is 1. The second kappa shape index (κ2) is 6.00. The van der Waals surface area contributed by atoms with E-state index in [9.17, 15) is 4.79 Å². The van der Waals surface area contributed by atoms with Crippen LogP contribution in [0.15, 0.2) is 48.7 Å². The minimum absolute atomic E-state index is 0.223. The molecule has 0 saturated carbocycles. The van der Waals surface area contributed by atoms with Gasteiger partial charge in [0.2, 0.25) is 0 Å². The molecule has 0 unspecified atom stereocenters. The zero-order valence-corrected chi connectivity index (χ0v) is 11.0. The molecular weight excluding hydrogens is 240 g/mol. The molecule has 1 heterocycles. The van der Waals surface area contributed by atoms with E-state index < -0.39 is 6.10 Å². The van der Waals surface area contributed by atoms with Crippen molar-refractivity contribution >= 4 is 11.7 Å². The summed E-state index contributed by atoms with van der Waals surface area (Å²) in [5.41, 5.74) is 1.15. The van der Waals surface area contributed by atoms with Gasteiger partial charge in [-0.05, 0) is 38.1 Å². The van der Waals surface area contributed by atoms with Crippen LogP contribution >= 0.6 is 0 Å². The van der Waals surface area contributed by atoms with E-state index in [0.29, 0.717) is 11.6 Å². The fourth-order valence-corrected chi connectivity index (χ4v) is 1.54. The summed E-state index contributed by atoms with van der Waals surface area (Å²) < 4.78 is 5.56. The summed E-state index contributed by atoms with van der Waals surface area (Å²) in [6.07, 6.45) is 1.05. The van der Waals surface area contributed by atoms with Crippen molar-refractivity contribution in [2.45, 2.75) is 20.0 Å². The second-order valence-electron chi connectivity index (χ2n) is 4.28. The number of pyridine rings is 1. The van der Waals surface area contributed by atoms with E-state index in [-0.39, 0.29) is 5.91 Å². The number of amides is 1. The third kappa shape index (κ3) is 3.81. The number of hydrogen-bond acceptors (Lipinski definition) is 3. The fourth-order valence-electron chi connectivity index (χ4n) is 1.54. The molecule has 98 valence electrons. The summed E-state index contributed by atoms with van der Waals surface area (Å²) >= 11 is 0. The SMILES string of the molecule is Cc1ccc(O[C@H](C)C(=O)Nc2ccccn2)cc1. The number of aromatic nitrogens is 1. The van der Waals surface area contributed by atoms with Crippen LogP contribution in [0.5, 0.6) is 5.75 Å². The first-order chi connectivity index (χ1) is 9.15. The Morgan fingerprint density at radius 2 is 1.95 bits per heavy atom. The maximum atomic E-state index is 11.9. The normalized spacial score (nSPS) is 11.7. The van der Waals surface area contributed by atoms with Gasteiger partial charge in [0.1, 0.15) is 11.6 Å². The smallest absolute Gasteiger partial charge is 0.266 e. The van der Waals surface area contributed by atoms with E-state index in [2.05, 4.69) is 10.3 Å². The molecule has 1 aromatic heterocycles. The van der Waals surface area contributed by atoms with Crippen LogP contribution in [0.2, 0.25) is 0 Å². The Labute approximate surface area is 112 Å². The van der Waals surface area contributed by atoms with Gasteiger partial charge in [0, 0.05) is 6.20 Å². The number of anilines is 1. The molecule has 19 heavy (non-hydrogen) atoms. The van der Waals surface area contributed by atoms with Crippen molar-refractivity contribution in [2.75, 3.05) is 5.32 Å². The topological polar surface area (TPSA) is 51.2 Å². The lowest BCUT2D eigenvalue weighted by Gasteiger charge is -2.14. The maximum Gasteiger partial charge on any atom is 0.266 e. The van der Waals surface area contributed by atoms with Gasteiger partial charge in [0.25, 0.3) is 5.91 Å². The average molecular weight is 256 g/mol. The third-order valence-electron chi connectivity index (χ3n) is 2.62. The van der Waals surface area contributed by atoms with Gasteiger partial charge < -0.3 is 10.1 Å². The second-order valence-corrected chi connectivity index (χ2v) is 4.28. The van der Waals surface area contributed by atoms with Crippen molar-refractivity contribution in [1.29, 1.82) is 0 Å². The van der Waals surface area contributed by atoms with Gasteiger partial charge in [-0.25, -0.2) is 4.98 Å². The van der Waals surface area contributed by atoms with Crippen molar-refractivity contribution in [3.05, 3.63) is 54.2 Å². The lowest BCUT2D eigenvalue weighted by atomic mass is 10.2. The number of hydrogen-bond donors (Lipinski definition) is 1. The van der Waals surface area contributed by atoms with E-state index in [0.717, 1.165) is 5.56 Å². The van der Waals surface area contributed by atoms with Crippen LogP contribution < -0.4 is 10.1 Å². The number of carbonyl (C=O) groups excluding carboxylic acids is 1. The highest BCUT2D eigenvalue weighted by Gasteiger charge is 2.14. The Balaban J connectivity index is 1.94. The molecule has 2 rings (SSSR count). The first-order valence-electron chi connectivity index (χ1n) is 6.10. The molecule has 4 heteroatoms. The molecular formula is C15H16N2O2. The highest BCUT2D eigenvalue weighted by Crippen LogP contribution is 2.14. The Hall–Kier alpha value is -2.36. The monoisotopic (exact) mass is 256 g/mol. The predicted molar refractivity (Wildman–Crippen MR) is 74.1 cm³/mol. The van der Waals surface area contributed by atoms with Gasteiger partial charge in [-0.3, -0.25) is 4.79 Å². The number of rotatable bonds is 4. The fraction of sp³-hybridized carbons (Fsp3) is 0.200. The number of benzene rings is 1. The minimum atomic E-state index is -0.579. The lowest BCUT2D eigenvalue weighted by Crippen LogP contribution is -2.30. The summed E-state index contributed by atoms with van der Waals surface area (Å²) in [6, 6.07) is 12.9. The van der Waals surface area contributed by atoms with Crippen molar-refractivity contribution in [3.8, 4) is 5.75 Å². The Bertz CT molecular complexity index is 538. The summed E-state index contributed by atoms with van der Waals surface area (Å²) in [4.78, 5) is 15.9. The van der Waals surface area contributed by atoms with E-state index in [4.69, 9.17) is 4.74 Å². The average Bonchev–Trinajstić information content (AvgIpc) is 2.42. The van der Waals surface area contributed by atoms with Crippen LogP contribution in [0.1, 0.15) is 12.5 Å². The minimum Gasteiger partial charge on any atom is -0.481 e. The maximum absolute atomic E-state index is 11.9. The molecule has 0 aliphatic rings. The number of aryl methyl sites for hydroxylation is 1. The molecule has 1 amide bonds. The predicted octanol–water partition coefficient (Wildman–Crippen LogP) is 2.80. The Morgan fingerprint density at radius 1 is 1.21 bits per heavy atom. The molecule has 1 N–H and O–H groups in total. The largest absolute Gasteiger partial charge is 0.481 e. The standard InChI is InChI=1S/C15H16N2O2/c1-11-6-8-13(9-7-11)19-12(2)15(18)17-14-5-3-4-10-16-14/h3-10,12H,1-2H3,(H,16,17,18)/t12-/m1/s1. The van der Waals surface area contributed by atoms with E-state index >= 15 is 0 Å². The van der Waals surface area contributed by atoms with Gasteiger partial charge in [-0.2, -0.15) is 0 Å². The van der Waals surface area contributed by atoms with Crippen LogP contribution in [-0.4, -0.2) is 17.0 Å². The van der Waals surface area contributed by atoms with Crippen molar-refractivity contribution in [2.24, 2.45) is 0 Å². The summed E-state index contributed by atoms with van der Waals surface area (Å²) in [5.74, 6) is 0.973. The van der Waals surface area contributed by atoms with Crippen molar-refractivity contribution < 1.29 is 9.53 Å². The summed E-state index contributed by atoms with van der Waals surface area (Å²) in [7, 11) is 0. The summed E-state index contributed by atoms with van der Waals surface area (Å²) in [6.45, 7) is 3.71. The molecule has 0 saturated heterocycles. The lowest BCUT2D eigenvalue weighted by molar-refractivity contribution is -0.122. The van der Waals surface area contributed by atoms with Gasteiger partial charge >= 0.3 is 0 Å². The van der Waals surface area contributed by atoms with E-state index in [1.54, 1.807) is 25.3 Å². The van der Waals surface area contributed by atoms with Crippen LogP contribution in [0, 0.1) is 6.92 Å². The third-order valence-corrected chi connectivity index (χ3v) is 2.62. The highest BCUT2D eigenvalue weighted by molar-refractivity contribution is 5.93. The first kappa shape index (κ1) is 13.1. The van der Waals surface area contributed by atoms with Crippen molar-refractivity contribution in [1.82, 2.24) is 4.98 Å². The molecule has 1 aromatic carbocycles. The van der Waals surface area contributed by atoms with Gasteiger partial charge in [-0.15, -0.1) is 0 Å². The Kier molecular flexibility index (Phi) is 4.13. The van der Waals surface area contributed by atoms with Crippen LogP contribution in [0.3, 0.4) is 0 Å². The van der Waals surface area contributed by atoms with Crippen LogP contribution in [0.4, 0.5) is 5.82 Å². The molecule has 0 spiro atoms. The highest BCUT2D eigenvalue weighted by atomic mass is 16.5. The quantitative estimate of drug-likeness (QED) is 0.915. The number of ether oxygens (including phenoxy) is 1. The number of nitrogens with zero attached hydrogens (tertiary/aromatic N) is 1. The first-order valence-corrected chi connectivity index (χ1v) is 6.10. The van der Waals surface area contributed by atoms with Gasteiger partial charge in [0.15, 0.2) is 6.10 Å². The van der Waals surface area contributed by atoms with Gasteiger partial charge in [0.05, 0.1) is 0 Å². The zero-order chi connectivity index (χ0) is 13.7. The molecule has 2 aromatic rings. The molecule has 0 radical (unpaired) electrons. The van der Waals surface area contributed by atoms with E-state index in [1.165, 1.54) is 0 Å². The summed E-state index contributed by atoms with van der Waals surface area (Å²) in [5, 5.41) is 2.70. The molecule has 0 bridgehead atoms. The molecule has 0 aliphatic carbocycles. The molecule has 1 atom stereocenters.